The van der Waals surface area contributed by atoms with Crippen LogP contribution in [-0.4, -0.2) is 51.5 Å². The zero-order valence-electron chi connectivity index (χ0n) is 9.92. The average Bonchev–Trinajstić information content (AvgIpc) is 2.29. The second-order valence-electron chi connectivity index (χ2n) is 3.15. The predicted molar refractivity (Wildman–Crippen MR) is 59.7 cm³/mol. The minimum absolute atomic E-state index is 0.893. The average molecular weight is 203 g/mol. The number of nitrogens with zero attached hydrogens (tertiary/aromatic N) is 1. The molecule has 0 aromatic rings. The summed E-state index contributed by atoms with van der Waals surface area (Å²) in [4.78, 5) is 2.46. The van der Waals surface area contributed by atoms with Crippen molar-refractivity contribution in [1.29, 1.82) is 0 Å². The summed E-state index contributed by atoms with van der Waals surface area (Å²) >= 11 is 0. The third-order valence-electron chi connectivity index (χ3n) is 2.18. The molecule has 1 saturated heterocycles. The van der Waals surface area contributed by atoms with Gasteiger partial charge in [0, 0.05) is 26.8 Å². The number of ether oxygens (including phenoxy) is 2. The molecule has 1 fully saturated rings. The van der Waals surface area contributed by atoms with Crippen molar-refractivity contribution < 1.29 is 9.47 Å². The van der Waals surface area contributed by atoms with E-state index in [9.17, 15) is 0 Å². The van der Waals surface area contributed by atoms with Crippen molar-refractivity contribution in [1.82, 2.24) is 4.90 Å². The molecule has 0 aliphatic carbocycles. The van der Waals surface area contributed by atoms with E-state index < -0.39 is 0 Å². The maximum Gasteiger partial charge on any atom is 0.0594 e. The topological polar surface area (TPSA) is 21.7 Å². The minimum Gasteiger partial charge on any atom is -0.385 e. The normalized spacial score (nSPS) is 17.4. The Hall–Kier alpha value is -0.120. The first-order valence-electron chi connectivity index (χ1n) is 5.72. The molecule has 1 rings (SSSR count). The summed E-state index contributed by atoms with van der Waals surface area (Å²) in [5, 5.41) is 0. The van der Waals surface area contributed by atoms with E-state index in [1.807, 2.05) is 13.8 Å². The van der Waals surface area contributed by atoms with E-state index in [1.54, 1.807) is 7.11 Å². The monoisotopic (exact) mass is 203 g/mol. The molecular formula is C11H25NO2. The zero-order valence-corrected chi connectivity index (χ0v) is 9.92. The molecule has 0 aromatic heterocycles. The first-order valence-corrected chi connectivity index (χ1v) is 5.72. The van der Waals surface area contributed by atoms with Gasteiger partial charge < -0.3 is 9.47 Å². The van der Waals surface area contributed by atoms with Crippen LogP contribution in [0.25, 0.3) is 0 Å². The van der Waals surface area contributed by atoms with E-state index >= 15 is 0 Å². The Labute approximate surface area is 88.4 Å². The predicted octanol–water partition coefficient (Wildman–Crippen LogP) is 1.77. The molecule has 0 N–H and O–H groups in total. The van der Waals surface area contributed by atoms with Gasteiger partial charge in [-0.05, 0) is 19.4 Å². The van der Waals surface area contributed by atoms with Gasteiger partial charge in [0.25, 0.3) is 0 Å². The lowest BCUT2D eigenvalue weighted by molar-refractivity contribution is 0.0363. The highest BCUT2D eigenvalue weighted by molar-refractivity contribution is 4.61. The highest BCUT2D eigenvalue weighted by Gasteiger charge is 2.08. The molecule has 1 aliphatic heterocycles. The fourth-order valence-electron chi connectivity index (χ4n) is 1.41. The fourth-order valence-corrected chi connectivity index (χ4v) is 1.41. The summed E-state index contributed by atoms with van der Waals surface area (Å²) in [6.45, 7) is 10.1. The lowest BCUT2D eigenvalue weighted by Gasteiger charge is -2.26. The van der Waals surface area contributed by atoms with Gasteiger partial charge in [-0.2, -0.15) is 0 Å². The Kier molecular flexibility index (Phi) is 10.9. The maximum atomic E-state index is 5.26. The van der Waals surface area contributed by atoms with E-state index in [2.05, 4.69) is 4.90 Å². The first-order chi connectivity index (χ1) is 6.93. The summed E-state index contributed by atoms with van der Waals surface area (Å²) in [5.74, 6) is 0. The first kappa shape index (κ1) is 13.9. The molecular weight excluding hydrogens is 178 g/mol. The molecule has 0 atom stereocenters. The van der Waals surface area contributed by atoms with Gasteiger partial charge >= 0.3 is 0 Å². The van der Waals surface area contributed by atoms with Crippen molar-refractivity contribution in [3.63, 3.8) is 0 Å². The van der Waals surface area contributed by atoms with Gasteiger partial charge in [-0.15, -0.1) is 0 Å². The molecule has 0 aromatic carbocycles. The summed E-state index contributed by atoms with van der Waals surface area (Å²) in [6.07, 6.45) is 2.42. The van der Waals surface area contributed by atoms with Crippen LogP contribution in [-0.2, 0) is 9.47 Å². The van der Waals surface area contributed by atoms with Gasteiger partial charge in [0.05, 0.1) is 13.2 Å². The van der Waals surface area contributed by atoms with Gasteiger partial charge in [-0.25, -0.2) is 0 Å². The molecule has 0 saturated carbocycles. The van der Waals surface area contributed by atoms with Gasteiger partial charge in [-0.3, -0.25) is 4.90 Å². The van der Waals surface area contributed by atoms with Gasteiger partial charge in [0.1, 0.15) is 0 Å². The van der Waals surface area contributed by atoms with Crippen molar-refractivity contribution in [3.8, 4) is 0 Å². The highest BCUT2D eigenvalue weighted by Crippen LogP contribution is 1.99. The Morgan fingerprint density at radius 3 is 2.36 bits per heavy atom. The number of unbranched alkanes of at least 4 members (excludes halogenated alkanes) is 1. The highest BCUT2D eigenvalue weighted by atomic mass is 16.5. The van der Waals surface area contributed by atoms with Crippen LogP contribution < -0.4 is 0 Å². The van der Waals surface area contributed by atoms with Crippen LogP contribution in [0.4, 0.5) is 0 Å². The Morgan fingerprint density at radius 2 is 1.79 bits per heavy atom. The maximum absolute atomic E-state index is 5.26. The minimum atomic E-state index is 0.893. The number of morpholine rings is 1. The Balaban J connectivity index is 0.000000791. The number of methoxy groups -OCH3 is 1. The zero-order chi connectivity index (χ0) is 10.6. The van der Waals surface area contributed by atoms with Crippen LogP contribution in [0.5, 0.6) is 0 Å². The van der Waals surface area contributed by atoms with Crippen LogP contribution in [0.1, 0.15) is 26.7 Å². The van der Waals surface area contributed by atoms with Crippen molar-refractivity contribution in [3.05, 3.63) is 0 Å². The molecule has 0 unspecified atom stereocenters. The van der Waals surface area contributed by atoms with E-state index in [1.165, 1.54) is 19.4 Å². The summed E-state index contributed by atoms with van der Waals surface area (Å²) in [7, 11) is 1.76. The Bertz CT molecular complexity index is 103. The third-order valence-corrected chi connectivity index (χ3v) is 2.18. The van der Waals surface area contributed by atoms with Crippen molar-refractivity contribution >= 4 is 0 Å². The van der Waals surface area contributed by atoms with Crippen LogP contribution in [0, 0.1) is 0 Å². The van der Waals surface area contributed by atoms with E-state index in [0.29, 0.717) is 0 Å². The largest absolute Gasteiger partial charge is 0.385 e. The van der Waals surface area contributed by atoms with E-state index in [4.69, 9.17) is 9.47 Å². The van der Waals surface area contributed by atoms with Crippen molar-refractivity contribution in [2.24, 2.45) is 0 Å². The molecule has 3 nitrogen and oxygen atoms in total. The molecule has 0 spiro atoms. The molecule has 86 valence electrons. The summed E-state index contributed by atoms with van der Waals surface area (Å²) < 4.78 is 10.2. The molecule has 0 amide bonds. The molecule has 1 aliphatic rings. The van der Waals surface area contributed by atoms with Crippen LogP contribution in [0.3, 0.4) is 0 Å². The van der Waals surface area contributed by atoms with Crippen molar-refractivity contribution in [2.45, 2.75) is 26.7 Å². The van der Waals surface area contributed by atoms with Gasteiger partial charge in [0.2, 0.25) is 0 Å². The Morgan fingerprint density at radius 1 is 1.14 bits per heavy atom. The fraction of sp³-hybridized carbons (Fsp3) is 1.00. The van der Waals surface area contributed by atoms with Crippen LogP contribution in [0.2, 0.25) is 0 Å². The van der Waals surface area contributed by atoms with Crippen LogP contribution in [0.15, 0.2) is 0 Å². The van der Waals surface area contributed by atoms with Crippen LogP contribution >= 0.6 is 0 Å². The van der Waals surface area contributed by atoms with Crippen molar-refractivity contribution in [2.75, 3.05) is 46.6 Å². The van der Waals surface area contributed by atoms with E-state index in [-0.39, 0.29) is 0 Å². The standard InChI is InChI=1S/C9H19NO2.C2H6/c1-11-7-3-2-4-10-5-8-12-9-6-10;1-2/h2-9H2,1H3;1-2H3. The summed E-state index contributed by atoms with van der Waals surface area (Å²) in [5.41, 5.74) is 0. The van der Waals surface area contributed by atoms with E-state index in [0.717, 1.165) is 32.9 Å². The van der Waals surface area contributed by atoms with Gasteiger partial charge in [0.15, 0.2) is 0 Å². The SMILES string of the molecule is CC.COCCCCN1CCOCC1. The summed E-state index contributed by atoms with van der Waals surface area (Å²) in [6, 6.07) is 0. The number of hydrogen-bond acceptors (Lipinski definition) is 3. The molecule has 0 bridgehead atoms. The molecule has 3 heteroatoms. The quantitative estimate of drug-likeness (QED) is 0.636. The molecule has 1 heterocycles. The second-order valence-corrected chi connectivity index (χ2v) is 3.15. The molecule has 0 radical (unpaired) electrons. The number of hydrogen-bond donors (Lipinski definition) is 0. The number of rotatable bonds is 5. The lowest BCUT2D eigenvalue weighted by atomic mass is 10.3. The lowest BCUT2D eigenvalue weighted by Crippen LogP contribution is -2.36. The third kappa shape index (κ3) is 7.30. The molecule has 14 heavy (non-hydrogen) atoms. The second kappa shape index (κ2) is 11.0. The van der Waals surface area contributed by atoms with Gasteiger partial charge in [-0.1, -0.05) is 13.8 Å². The smallest absolute Gasteiger partial charge is 0.0594 e.